The minimum atomic E-state index is 0.00475. The summed E-state index contributed by atoms with van der Waals surface area (Å²) in [5, 5.41) is 2.88. The molecule has 0 atom stereocenters. The Kier molecular flexibility index (Phi) is 5.39. The highest BCUT2D eigenvalue weighted by atomic mass is 16.2. The minimum Gasteiger partial charge on any atom is -0.338 e. The minimum absolute atomic E-state index is 0.00475. The van der Waals surface area contributed by atoms with Crippen molar-refractivity contribution in [2.45, 2.75) is 26.3 Å². The third kappa shape index (κ3) is 4.33. The van der Waals surface area contributed by atoms with E-state index in [2.05, 4.69) is 10.3 Å². The van der Waals surface area contributed by atoms with E-state index in [-0.39, 0.29) is 6.03 Å². The summed E-state index contributed by atoms with van der Waals surface area (Å²) in [7, 11) is 1.79. The van der Waals surface area contributed by atoms with Crippen LogP contribution in [0.5, 0.6) is 0 Å². The van der Waals surface area contributed by atoms with Gasteiger partial charge in [0.05, 0.1) is 6.33 Å². The number of aryl methyl sites for hydroxylation is 1. The van der Waals surface area contributed by atoms with Crippen LogP contribution in [0.3, 0.4) is 0 Å². The van der Waals surface area contributed by atoms with Gasteiger partial charge in [0.15, 0.2) is 0 Å². The van der Waals surface area contributed by atoms with Crippen molar-refractivity contribution in [3.8, 4) is 0 Å². The first kappa shape index (κ1) is 12.5. The molecule has 0 fully saturated rings. The molecule has 0 saturated heterocycles. The Hall–Kier alpha value is -1.52. The Morgan fingerprint density at radius 3 is 2.94 bits per heavy atom. The van der Waals surface area contributed by atoms with Crippen LogP contribution in [0.1, 0.15) is 19.8 Å². The second-order valence-corrected chi connectivity index (χ2v) is 3.75. The molecule has 1 aromatic heterocycles. The molecule has 5 heteroatoms. The molecule has 0 aliphatic carbocycles. The van der Waals surface area contributed by atoms with Crippen LogP contribution in [-0.4, -0.2) is 40.6 Å². The van der Waals surface area contributed by atoms with E-state index in [1.54, 1.807) is 18.1 Å². The number of amides is 2. The van der Waals surface area contributed by atoms with Gasteiger partial charge in [0, 0.05) is 39.1 Å². The molecule has 0 unspecified atom stereocenters. The highest BCUT2D eigenvalue weighted by Crippen LogP contribution is 1.94. The van der Waals surface area contributed by atoms with Crippen molar-refractivity contribution in [2.75, 3.05) is 20.1 Å². The van der Waals surface area contributed by atoms with Crippen LogP contribution in [0, 0.1) is 0 Å². The molecule has 90 valence electrons. The van der Waals surface area contributed by atoms with Crippen LogP contribution >= 0.6 is 0 Å². The van der Waals surface area contributed by atoms with Crippen molar-refractivity contribution >= 4 is 6.03 Å². The van der Waals surface area contributed by atoms with Crippen molar-refractivity contribution in [2.24, 2.45) is 0 Å². The number of carbonyl (C=O) groups excluding carboxylic acids is 1. The predicted molar refractivity (Wildman–Crippen MR) is 63.2 cm³/mol. The first-order valence-electron chi connectivity index (χ1n) is 5.68. The fourth-order valence-corrected chi connectivity index (χ4v) is 1.31. The zero-order valence-electron chi connectivity index (χ0n) is 10.0. The summed E-state index contributed by atoms with van der Waals surface area (Å²) in [5.74, 6) is 0. The second kappa shape index (κ2) is 6.87. The van der Waals surface area contributed by atoms with Crippen LogP contribution in [0.15, 0.2) is 18.7 Å². The van der Waals surface area contributed by atoms with E-state index in [1.807, 2.05) is 24.0 Å². The Morgan fingerprint density at radius 2 is 2.31 bits per heavy atom. The molecular formula is C11H20N4O. The maximum absolute atomic E-state index is 11.4. The highest BCUT2D eigenvalue weighted by molar-refractivity contribution is 5.73. The first-order chi connectivity index (χ1) is 7.74. The van der Waals surface area contributed by atoms with E-state index in [4.69, 9.17) is 0 Å². The van der Waals surface area contributed by atoms with Crippen LogP contribution in [0.4, 0.5) is 4.79 Å². The Labute approximate surface area is 96.5 Å². The summed E-state index contributed by atoms with van der Waals surface area (Å²) in [6, 6.07) is 0.00475. The molecule has 0 bridgehead atoms. The fourth-order valence-electron chi connectivity index (χ4n) is 1.31. The van der Waals surface area contributed by atoms with Gasteiger partial charge in [0.25, 0.3) is 0 Å². The molecule has 0 aliphatic rings. The van der Waals surface area contributed by atoms with E-state index in [0.717, 1.165) is 32.5 Å². The van der Waals surface area contributed by atoms with E-state index in [9.17, 15) is 4.79 Å². The van der Waals surface area contributed by atoms with Crippen molar-refractivity contribution in [1.82, 2.24) is 19.8 Å². The fraction of sp³-hybridized carbons (Fsp3) is 0.636. The van der Waals surface area contributed by atoms with Crippen molar-refractivity contribution in [3.63, 3.8) is 0 Å². The normalized spacial score (nSPS) is 10.1. The van der Waals surface area contributed by atoms with Gasteiger partial charge in [-0.15, -0.1) is 0 Å². The number of carbonyl (C=O) groups is 1. The number of imidazole rings is 1. The average Bonchev–Trinajstić information content (AvgIpc) is 2.80. The van der Waals surface area contributed by atoms with Crippen molar-refractivity contribution < 1.29 is 4.79 Å². The van der Waals surface area contributed by atoms with E-state index < -0.39 is 0 Å². The summed E-state index contributed by atoms with van der Waals surface area (Å²) in [4.78, 5) is 17.0. The summed E-state index contributed by atoms with van der Waals surface area (Å²) in [6.45, 7) is 4.39. The van der Waals surface area contributed by atoms with E-state index in [1.165, 1.54) is 0 Å². The maximum Gasteiger partial charge on any atom is 0.317 e. The molecule has 2 amide bonds. The number of hydrogen-bond donors (Lipinski definition) is 1. The van der Waals surface area contributed by atoms with Gasteiger partial charge in [-0.3, -0.25) is 0 Å². The van der Waals surface area contributed by atoms with Gasteiger partial charge in [0.2, 0.25) is 0 Å². The average molecular weight is 224 g/mol. The molecule has 1 aromatic rings. The lowest BCUT2D eigenvalue weighted by Gasteiger charge is -2.15. The second-order valence-electron chi connectivity index (χ2n) is 3.75. The number of nitrogens with one attached hydrogen (secondary N) is 1. The zero-order valence-corrected chi connectivity index (χ0v) is 10.0. The Balaban J connectivity index is 2.02. The quantitative estimate of drug-likeness (QED) is 0.741. The molecule has 5 nitrogen and oxygen atoms in total. The molecule has 0 radical (unpaired) electrons. The van der Waals surface area contributed by atoms with Crippen molar-refractivity contribution in [1.29, 1.82) is 0 Å². The molecule has 0 saturated carbocycles. The third-order valence-corrected chi connectivity index (χ3v) is 2.50. The predicted octanol–water partition coefficient (Wildman–Crippen LogP) is 1.32. The van der Waals surface area contributed by atoms with Crippen LogP contribution < -0.4 is 5.32 Å². The standard InChI is InChI=1S/C11H20N4O/c1-3-14(2)11(16)13-6-4-5-8-15-9-7-12-10-15/h7,9-10H,3-6,8H2,1-2H3,(H,13,16). The van der Waals surface area contributed by atoms with E-state index in [0.29, 0.717) is 0 Å². The number of urea groups is 1. The highest BCUT2D eigenvalue weighted by Gasteiger charge is 2.03. The number of aromatic nitrogens is 2. The number of hydrogen-bond acceptors (Lipinski definition) is 2. The topological polar surface area (TPSA) is 50.2 Å². The lowest BCUT2D eigenvalue weighted by molar-refractivity contribution is 0.211. The van der Waals surface area contributed by atoms with Gasteiger partial charge in [-0.05, 0) is 19.8 Å². The molecule has 1 N–H and O–H groups in total. The molecule has 1 rings (SSSR count). The zero-order chi connectivity index (χ0) is 11.8. The Morgan fingerprint density at radius 1 is 1.50 bits per heavy atom. The van der Waals surface area contributed by atoms with Crippen LogP contribution in [0.25, 0.3) is 0 Å². The summed E-state index contributed by atoms with van der Waals surface area (Å²) >= 11 is 0. The van der Waals surface area contributed by atoms with Crippen LogP contribution in [0.2, 0.25) is 0 Å². The lowest BCUT2D eigenvalue weighted by Crippen LogP contribution is -2.37. The summed E-state index contributed by atoms with van der Waals surface area (Å²) in [5.41, 5.74) is 0. The van der Waals surface area contributed by atoms with Gasteiger partial charge >= 0.3 is 6.03 Å². The molecule has 16 heavy (non-hydrogen) atoms. The largest absolute Gasteiger partial charge is 0.338 e. The van der Waals surface area contributed by atoms with Gasteiger partial charge in [-0.1, -0.05) is 0 Å². The molecule has 0 aromatic carbocycles. The molecule has 0 spiro atoms. The summed E-state index contributed by atoms with van der Waals surface area (Å²) < 4.78 is 2.04. The van der Waals surface area contributed by atoms with E-state index >= 15 is 0 Å². The van der Waals surface area contributed by atoms with Gasteiger partial charge in [-0.2, -0.15) is 0 Å². The monoisotopic (exact) mass is 224 g/mol. The SMILES string of the molecule is CCN(C)C(=O)NCCCCn1ccnc1. The first-order valence-corrected chi connectivity index (χ1v) is 5.68. The number of unbranched alkanes of at least 4 members (excludes halogenated alkanes) is 1. The van der Waals surface area contributed by atoms with Gasteiger partial charge in [-0.25, -0.2) is 9.78 Å². The number of nitrogens with zero attached hydrogens (tertiary/aromatic N) is 3. The van der Waals surface area contributed by atoms with Gasteiger partial charge < -0.3 is 14.8 Å². The molecule has 0 aliphatic heterocycles. The number of rotatable bonds is 6. The van der Waals surface area contributed by atoms with Gasteiger partial charge in [0.1, 0.15) is 0 Å². The summed E-state index contributed by atoms with van der Waals surface area (Å²) in [6.07, 6.45) is 7.57. The van der Waals surface area contributed by atoms with Crippen LogP contribution in [-0.2, 0) is 6.54 Å². The molecular weight excluding hydrogens is 204 g/mol. The Bertz CT molecular complexity index is 297. The third-order valence-electron chi connectivity index (χ3n) is 2.50. The smallest absolute Gasteiger partial charge is 0.317 e. The maximum atomic E-state index is 11.4. The van der Waals surface area contributed by atoms with Crippen molar-refractivity contribution in [3.05, 3.63) is 18.7 Å². The lowest BCUT2D eigenvalue weighted by atomic mass is 10.3. The molecule has 1 heterocycles.